The number of rotatable bonds is 2. The van der Waals surface area contributed by atoms with Crippen molar-refractivity contribution < 1.29 is 4.79 Å². The summed E-state index contributed by atoms with van der Waals surface area (Å²) in [5.41, 5.74) is 0. The summed E-state index contributed by atoms with van der Waals surface area (Å²) in [6.07, 6.45) is 4.22. The number of carbonyl (C=O) groups is 1. The highest BCUT2D eigenvalue weighted by molar-refractivity contribution is 7.16. The molecule has 1 aliphatic heterocycles. The van der Waals surface area contributed by atoms with Gasteiger partial charge in [-0.3, -0.25) is 4.79 Å². The number of piperidine rings is 1. The molecule has 96 valence electrons. The molecule has 0 saturated carbocycles. The molecule has 7 heteroatoms. The topological polar surface area (TPSA) is 63.4 Å². The normalized spacial score (nSPS) is 17.5. The Labute approximate surface area is 109 Å². The molecular formula is C11H15N5OS. The van der Waals surface area contributed by atoms with E-state index in [1.165, 1.54) is 0 Å². The molecule has 2 aromatic rings. The molecule has 1 fully saturated rings. The van der Waals surface area contributed by atoms with Crippen molar-refractivity contribution in [2.24, 2.45) is 0 Å². The molecule has 0 radical (unpaired) electrons. The van der Waals surface area contributed by atoms with E-state index in [-0.39, 0.29) is 5.91 Å². The van der Waals surface area contributed by atoms with E-state index in [1.807, 2.05) is 11.8 Å². The van der Waals surface area contributed by atoms with Crippen LogP contribution >= 0.6 is 11.3 Å². The van der Waals surface area contributed by atoms with E-state index in [0.29, 0.717) is 12.3 Å². The number of carbonyl (C=O) groups excluding carboxylic acids is 1. The lowest BCUT2D eigenvalue weighted by atomic mass is 9.97. The summed E-state index contributed by atoms with van der Waals surface area (Å²) in [6.45, 7) is 3.60. The Kier molecular flexibility index (Phi) is 2.99. The second-order valence-electron chi connectivity index (χ2n) is 4.51. The van der Waals surface area contributed by atoms with Crippen molar-refractivity contribution in [2.75, 3.05) is 13.1 Å². The third-order valence-electron chi connectivity index (χ3n) is 3.40. The third-order valence-corrected chi connectivity index (χ3v) is 4.48. The first-order valence-corrected chi connectivity index (χ1v) is 7.04. The van der Waals surface area contributed by atoms with Crippen molar-refractivity contribution in [3.05, 3.63) is 11.3 Å². The Balaban J connectivity index is 1.69. The molecule has 0 aliphatic carbocycles. The summed E-state index contributed by atoms with van der Waals surface area (Å²) < 4.78 is 1.73. The second kappa shape index (κ2) is 4.64. The van der Waals surface area contributed by atoms with Gasteiger partial charge in [0.2, 0.25) is 10.9 Å². The van der Waals surface area contributed by atoms with Gasteiger partial charge in [0.25, 0.3) is 0 Å². The van der Waals surface area contributed by atoms with Gasteiger partial charge in [-0.25, -0.2) is 0 Å². The number of hydrogen-bond acceptors (Lipinski definition) is 5. The molecule has 0 N–H and O–H groups in total. The van der Waals surface area contributed by atoms with Crippen molar-refractivity contribution in [3.63, 3.8) is 0 Å². The lowest BCUT2D eigenvalue weighted by Crippen LogP contribution is -2.37. The minimum absolute atomic E-state index is 0.256. The lowest BCUT2D eigenvalue weighted by molar-refractivity contribution is -0.131. The first kappa shape index (κ1) is 11.6. The van der Waals surface area contributed by atoms with Crippen LogP contribution in [0.2, 0.25) is 0 Å². The Hall–Kier alpha value is -1.50. The van der Waals surface area contributed by atoms with Crippen LogP contribution in [0.3, 0.4) is 0 Å². The molecule has 2 aromatic heterocycles. The van der Waals surface area contributed by atoms with Crippen LogP contribution in [0, 0.1) is 0 Å². The highest BCUT2D eigenvalue weighted by Gasteiger charge is 2.25. The maximum atomic E-state index is 11.6. The number of fused-ring (bicyclic) bond motifs is 1. The SMILES string of the molecule is CCC(=O)N1CCC(c2nn3cnnc3s2)CC1. The minimum atomic E-state index is 0.256. The average molecular weight is 265 g/mol. The van der Waals surface area contributed by atoms with Crippen LogP contribution in [-0.4, -0.2) is 43.7 Å². The zero-order valence-corrected chi connectivity index (χ0v) is 11.1. The first-order chi connectivity index (χ1) is 8.78. The fourth-order valence-electron chi connectivity index (χ4n) is 2.34. The van der Waals surface area contributed by atoms with Gasteiger partial charge in [-0.05, 0) is 12.8 Å². The van der Waals surface area contributed by atoms with Gasteiger partial charge >= 0.3 is 0 Å². The largest absolute Gasteiger partial charge is 0.343 e. The standard InChI is InChI=1S/C11H15N5OS/c1-2-9(17)15-5-3-8(4-6-15)10-14-16-7-12-13-11(16)18-10/h7-8H,2-6H2,1H3. The van der Waals surface area contributed by atoms with Crippen LogP contribution < -0.4 is 0 Å². The van der Waals surface area contributed by atoms with Gasteiger partial charge in [0.05, 0.1) is 0 Å². The molecule has 1 saturated heterocycles. The number of likely N-dealkylation sites (tertiary alicyclic amines) is 1. The van der Waals surface area contributed by atoms with Crippen molar-refractivity contribution in [3.8, 4) is 0 Å². The molecule has 6 nitrogen and oxygen atoms in total. The van der Waals surface area contributed by atoms with Gasteiger partial charge in [-0.2, -0.15) is 9.61 Å². The Morgan fingerprint density at radius 1 is 1.50 bits per heavy atom. The number of nitrogens with zero attached hydrogens (tertiary/aromatic N) is 5. The van der Waals surface area contributed by atoms with Crippen molar-refractivity contribution in [1.29, 1.82) is 0 Å². The van der Waals surface area contributed by atoms with Gasteiger partial charge in [0, 0.05) is 25.4 Å². The van der Waals surface area contributed by atoms with E-state index >= 15 is 0 Å². The molecule has 3 heterocycles. The monoisotopic (exact) mass is 265 g/mol. The van der Waals surface area contributed by atoms with E-state index in [0.717, 1.165) is 35.9 Å². The Morgan fingerprint density at radius 2 is 2.28 bits per heavy atom. The highest BCUT2D eigenvalue weighted by Crippen LogP contribution is 2.30. The molecule has 0 atom stereocenters. The van der Waals surface area contributed by atoms with Crippen molar-refractivity contribution in [1.82, 2.24) is 24.7 Å². The summed E-state index contributed by atoms with van der Waals surface area (Å²) in [4.78, 5) is 14.4. The smallest absolute Gasteiger partial charge is 0.234 e. The maximum absolute atomic E-state index is 11.6. The van der Waals surface area contributed by atoms with Crippen LogP contribution in [-0.2, 0) is 4.79 Å². The van der Waals surface area contributed by atoms with Gasteiger partial charge in [0.1, 0.15) is 11.3 Å². The summed E-state index contributed by atoms with van der Waals surface area (Å²) in [5.74, 6) is 0.712. The fraction of sp³-hybridized carbons (Fsp3) is 0.636. The van der Waals surface area contributed by atoms with Crippen LogP contribution in [0.25, 0.3) is 4.96 Å². The van der Waals surface area contributed by atoms with Gasteiger partial charge < -0.3 is 4.90 Å². The molecule has 0 unspecified atom stereocenters. The van der Waals surface area contributed by atoms with Crippen LogP contribution in [0.1, 0.15) is 37.1 Å². The summed E-state index contributed by atoms with van der Waals surface area (Å²) in [6, 6.07) is 0. The average Bonchev–Trinajstić information content (AvgIpc) is 2.99. The van der Waals surface area contributed by atoms with Crippen LogP contribution in [0.15, 0.2) is 6.33 Å². The first-order valence-electron chi connectivity index (χ1n) is 6.22. The summed E-state index contributed by atoms with van der Waals surface area (Å²) in [7, 11) is 0. The molecule has 0 aromatic carbocycles. The third kappa shape index (κ3) is 1.98. The summed E-state index contributed by atoms with van der Waals surface area (Å²) in [5, 5.41) is 13.4. The number of hydrogen-bond donors (Lipinski definition) is 0. The zero-order valence-electron chi connectivity index (χ0n) is 10.2. The molecule has 1 amide bonds. The molecule has 18 heavy (non-hydrogen) atoms. The highest BCUT2D eigenvalue weighted by atomic mass is 32.1. The summed E-state index contributed by atoms with van der Waals surface area (Å²) >= 11 is 1.60. The Bertz CT molecular complexity index is 526. The van der Waals surface area contributed by atoms with E-state index in [2.05, 4.69) is 15.3 Å². The van der Waals surface area contributed by atoms with E-state index < -0.39 is 0 Å². The molecule has 1 aliphatic rings. The van der Waals surface area contributed by atoms with Gasteiger partial charge in [-0.1, -0.05) is 18.3 Å². The van der Waals surface area contributed by atoms with Crippen molar-refractivity contribution in [2.45, 2.75) is 32.1 Å². The second-order valence-corrected chi connectivity index (χ2v) is 5.49. The fourth-order valence-corrected chi connectivity index (χ4v) is 3.33. The van der Waals surface area contributed by atoms with Crippen LogP contribution in [0.5, 0.6) is 0 Å². The van der Waals surface area contributed by atoms with E-state index in [4.69, 9.17) is 0 Å². The number of aromatic nitrogens is 4. The zero-order chi connectivity index (χ0) is 12.5. The molecular weight excluding hydrogens is 250 g/mol. The van der Waals surface area contributed by atoms with Gasteiger partial charge in [-0.15, -0.1) is 10.2 Å². The van der Waals surface area contributed by atoms with E-state index in [9.17, 15) is 4.79 Å². The quantitative estimate of drug-likeness (QED) is 0.821. The molecule has 0 bridgehead atoms. The van der Waals surface area contributed by atoms with Gasteiger partial charge in [0.15, 0.2) is 0 Å². The van der Waals surface area contributed by atoms with Crippen LogP contribution in [0.4, 0.5) is 0 Å². The lowest BCUT2D eigenvalue weighted by Gasteiger charge is -2.30. The molecule has 0 spiro atoms. The predicted octanol–water partition coefficient (Wildman–Crippen LogP) is 1.30. The molecule has 3 rings (SSSR count). The number of amides is 1. The van der Waals surface area contributed by atoms with Crippen molar-refractivity contribution >= 4 is 22.2 Å². The predicted molar refractivity (Wildman–Crippen MR) is 67.5 cm³/mol. The minimum Gasteiger partial charge on any atom is -0.343 e. The Morgan fingerprint density at radius 3 is 2.94 bits per heavy atom. The maximum Gasteiger partial charge on any atom is 0.234 e. The van der Waals surface area contributed by atoms with E-state index in [1.54, 1.807) is 22.2 Å².